The fraction of sp³-hybridized carbons (Fsp3) is 0.250. The van der Waals surface area contributed by atoms with Gasteiger partial charge in [-0.05, 0) is 17.5 Å². The second kappa shape index (κ2) is 6.67. The zero-order valence-electron chi connectivity index (χ0n) is 10.5. The molecule has 0 spiro atoms. The second-order valence-corrected chi connectivity index (χ2v) is 6.51. The lowest BCUT2D eigenvalue weighted by Crippen LogP contribution is -2.23. The minimum absolute atomic E-state index is 0.0128. The predicted molar refractivity (Wildman–Crippen MR) is 75.5 cm³/mol. The van der Waals surface area contributed by atoms with Crippen LogP contribution in [0.1, 0.15) is 16.9 Å². The zero-order valence-corrected chi connectivity index (χ0v) is 12.1. The molecule has 0 bridgehead atoms. The Morgan fingerprint density at radius 3 is 3.00 bits per heavy atom. The molecule has 2 aromatic heterocycles. The smallest absolute Gasteiger partial charge is 0.257 e. The lowest BCUT2D eigenvalue weighted by Gasteiger charge is -2.03. The van der Waals surface area contributed by atoms with Crippen LogP contribution in [0.5, 0.6) is 0 Å². The molecular weight excluding hydrogens is 298 g/mol. The Hall–Kier alpha value is -1.66. The van der Waals surface area contributed by atoms with E-state index in [4.69, 9.17) is 5.11 Å². The summed E-state index contributed by atoms with van der Waals surface area (Å²) in [6.07, 6.45) is 1.78. The summed E-state index contributed by atoms with van der Waals surface area (Å²) in [5, 5.41) is 16.6. The molecule has 20 heavy (non-hydrogen) atoms. The van der Waals surface area contributed by atoms with Crippen molar-refractivity contribution in [3.05, 3.63) is 34.2 Å². The van der Waals surface area contributed by atoms with Gasteiger partial charge in [0.25, 0.3) is 10.0 Å². The van der Waals surface area contributed by atoms with E-state index < -0.39 is 10.0 Å². The first-order valence-corrected chi connectivity index (χ1v) is 8.15. The normalized spacial score (nSPS) is 11.1. The number of aliphatic hydroxyl groups is 1. The van der Waals surface area contributed by atoms with Gasteiger partial charge in [0.15, 0.2) is 5.03 Å². The van der Waals surface area contributed by atoms with E-state index in [2.05, 4.69) is 26.8 Å². The van der Waals surface area contributed by atoms with Crippen molar-refractivity contribution in [1.82, 2.24) is 14.9 Å². The van der Waals surface area contributed by atoms with Gasteiger partial charge in [-0.2, -0.15) is 5.10 Å². The van der Waals surface area contributed by atoms with E-state index in [1.807, 2.05) is 11.4 Å². The molecule has 0 aliphatic heterocycles. The molecule has 6 nitrogen and oxygen atoms in total. The van der Waals surface area contributed by atoms with Crippen molar-refractivity contribution in [2.75, 3.05) is 6.61 Å². The highest BCUT2D eigenvalue weighted by Crippen LogP contribution is 2.16. The molecule has 2 rings (SSSR count). The number of aromatic amines is 1. The maximum atomic E-state index is 11.9. The topological polar surface area (TPSA) is 95.1 Å². The molecule has 0 saturated carbocycles. The SMILES string of the molecule is O=S(=O)(NCc1sccc1C#CCCO)c1ccn[nH]1. The monoisotopic (exact) mass is 311 g/mol. The number of H-pyrrole nitrogens is 1. The third-order valence-electron chi connectivity index (χ3n) is 2.39. The van der Waals surface area contributed by atoms with Crippen LogP contribution in [-0.2, 0) is 16.6 Å². The number of aromatic nitrogens is 2. The first kappa shape index (κ1) is 14.7. The average Bonchev–Trinajstić information content (AvgIpc) is 3.09. The summed E-state index contributed by atoms with van der Waals surface area (Å²) in [6, 6.07) is 3.22. The zero-order chi connectivity index (χ0) is 14.4. The number of hydrogen-bond acceptors (Lipinski definition) is 5. The van der Waals surface area contributed by atoms with E-state index >= 15 is 0 Å². The molecule has 0 fully saturated rings. The number of nitrogens with zero attached hydrogens (tertiary/aromatic N) is 1. The van der Waals surface area contributed by atoms with Crippen molar-refractivity contribution in [3.8, 4) is 11.8 Å². The van der Waals surface area contributed by atoms with Crippen LogP contribution in [0.15, 0.2) is 28.7 Å². The standard InChI is InChI=1S/C12H13N3O3S2/c16-7-2-1-3-10-5-8-19-11(10)9-14-20(17,18)12-4-6-13-15-12/h4-6,8,14,16H,2,7,9H2,(H,13,15). The van der Waals surface area contributed by atoms with Crippen LogP contribution in [-0.4, -0.2) is 30.3 Å². The number of rotatable bonds is 5. The third-order valence-corrected chi connectivity index (χ3v) is 4.64. The van der Waals surface area contributed by atoms with Gasteiger partial charge in [0, 0.05) is 23.4 Å². The Labute approximate surface area is 120 Å². The number of hydrogen-bond donors (Lipinski definition) is 3. The van der Waals surface area contributed by atoms with Crippen LogP contribution in [0.3, 0.4) is 0 Å². The highest BCUT2D eigenvalue weighted by molar-refractivity contribution is 7.89. The molecule has 0 radical (unpaired) electrons. The van der Waals surface area contributed by atoms with Crippen molar-refractivity contribution in [1.29, 1.82) is 0 Å². The third kappa shape index (κ3) is 3.68. The van der Waals surface area contributed by atoms with Crippen molar-refractivity contribution in [2.24, 2.45) is 0 Å². The summed E-state index contributed by atoms with van der Waals surface area (Å²) >= 11 is 1.43. The van der Waals surface area contributed by atoms with Gasteiger partial charge in [0.05, 0.1) is 12.8 Å². The summed E-state index contributed by atoms with van der Waals surface area (Å²) in [4.78, 5) is 0.832. The lowest BCUT2D eigenvalue weighted by atomic mass is 10.2. The van der Waals surface area contributed by atoms with Gasteiger partial charge in [-0.1, -0.05) is 11.8 Å². The second-order valence-electron chi connectivity index (χ2n) is 3.78. The van der Waals surface area contributed by atoms with E-state index in [0.29, 0.717) is 6.42 Å². The van der Waals surface area contributed by atoms with Gasteiger partial charge in [0.2, 0.25) is 0 Å². The minimum Gasteiger partial charge on any atom is -0.395 e. The van der Waals surface area contributed by atoms with Crippen molar-refractivity contribution < 1.29 is 13.5 Å². The molecular formula is C12H13N3O3S2. The molecule has 0 saturated heterocycles. The predicted octanol–water partition coefficient (Wildman–Crippen LogP) is 0.684. The Morgan fingerprint density at radius 1 is 1.45 bits per heavy atom. The first-order valence-electron chi connectivity index (χ1n) is 5.78. The summed E-state index contributed by atoms with van der Waals surface area (Å²) in [7, 11) is -3.58. The van der Waals surface area contributed by atoms with Gasteiger partial charge in [-0.15, -0.1) is 11.3 Å². The molecule has 106 valence electrons. The Kier molecular flexibility index (Phi) is 4.92. The van der Waals surface area contributed by atoms with Gasteiger partial charge < -0.3 is 5.11 Å². The molecule has 2 aromatic rings. The molecule has 2 heterocycles. The molecule has 0 amide bonds. The number of sulfonamides is 1. The molecule has 0 aromatic carbocycles. The van der Waals surface area contributed by atoms with Gasteiger partial charge >= 0.3 is 0 Å². The fourth-order valence-electron chi connectivity index (χ4n) is 1.43. The summed E-state index contributed by atoms with van der Waals surface area (Å²) < 4.78 is 26.3. The van der Waals surface area contributed by atoms with E-state index in [1.54, 1.807) is 0 Å². The number of nitrogens with one attached hydrogen (secondary N) is 2. The Morgan fingerprint density at radius 2 is 2.30 bits per heavy atom. The summed E-state index contributed by atoms with van der Waals surface area (Å²) in [5.41, 5.74) is 0.774. The number of aliphatic hydroxyl groups excluding tert-OH is 1. The maximum Gasteiger partial charge on any atom is 0.257 e. The molecule has 3 N–H and O–H groups in total. The van der Waals surface area contributed by atoms with Crippen LogP contribution in [0, 0.1) is 11.8 Å². The summed E-state index contributed by atoms with van der Waals surface area (Å²) in [6.45, 7) is 0.182. The van der Waals surface area contributed by atoms with Crippen LogP contribution in [0.4, 0.5) is 0 Å². The molecule has 0 aliphatic carbocycles. The maximum absolute atomic E-state index is 11.9. The van der Waals surface area contributed by atoms with Crippen LogP contribution >= 0.6 is 11.3 Å². The number of thiophene rings is 1. The van der Waals surface area contributed by atoms with E-state index in [0.717, 1.165) is 10.4 Å². The Balaban J connectivity index is 2.06. The van der Waals surface area contributed by atoms with Crippen molar-refractivity contribution in [2.45, 2.75) is 18.0 Å². The van der Waals surface area contributed by atoms with Gasteiger partial charge in [-0.25, -0.2) is 13.1 Å². The molecule has 0 aliphatic rings. The van der Waals surface area contributed by atoms with Crippen LogP contribution in [0.25, 0.3) is 0 Å². The quantitative estimate of drug-likeness (QED) is 0.708. The largest absolute Gasteiger partial charge is 0.395 e. The van der Waals surface area contributed by atoms with E-state index in [-0.39, 0.29) is 18.2 Å². The minimum atomic E-state index is -3.58. The average molecular weight is 311 g/mol. The van der Waals surface area contributed by atoms with Gasteiger partial charge in [-0.3, -0.25) is 5.10 Å². The van der Waals surface area contributed by atoms with Crippen LogP contribution < -0.4 is 4.72 Å². The molecule has 0 atom stereocenters. The van der Waals surface area contributed by atoms with Crippen molar-refractivity contribution >= 4 is 21.4 Å². The highest BCUT2D eigenvalue weighted by atomic mass is 32.2. The fourth-order valence-corrected chi connectivity index (χ4v) is 3.20. The van der Waals surface area contributed by atoms with Gasteiger partial charge in [0.1, 0.15) is 0 Å². The Bertz CT molecular complexity index is 709. The summed E-state index contributed by atoms with van der Waals surface area (Å²) in [5.74, 6) is 5.73. The van der Waals surface area contributed by atoms with Crippen molar-refractivity contribution in [3.63, 3.8) is 0 Å². The first-order chi connectivity index (χ1) is 9.63. The van der Waals surface area contributed by atoms with Crippen LogP contribution in [0.2, 0.25) is 0 Å². The highest BCUT2D eigenvalue weighted by Gasteiger charge is 2.15. The van der Waals surface area contributed by atoms with E-state index in [9.17, 15) is 8.42 Å². The van der Waals surface area contributed by atoms with E-state index in [1.165, 1.54) is 23.6 Å². The molecule has 8 heteroatoms. The lowest BCUT2D eigenvalue weighted by molar-refractivity contribution is 0.305. The molecule has 0 unspecified atom stereocenters.